The quantitative estimate of drug-likeness (QED) is 0.888. The van der Waals surface area contributed by atoms with E-state index in [4.69, 9.17) is 11.6 Å². The van der Waals surface area contributed by atoms with Crippen molar-refractivity contribution < 1.29 is 4.79 Å². The van der Waals surface area contributed by atoms with E-state index in [-0.39, 0.29) is 5.91 Å². The summed E-state index contributed by atoms with van der Waals surface area (Å²) in [5.41, 5.74) is 2.08. The fourth-order valence-electron chi connectivity index (χ4n) is 1.79. The van der Waals surface area contributed by atoms with E-state index in [1.54, 1.807) is 12.1 Å². The van der Waals surface area contributed by atoms with Gasteiger partial charge in [-0.05, 0) is 26.0 Å². The lowest BCUT2D eigenvalue weighted by molar-refractivity contribution is 0.0957. The lowest BCUT2D eigenvalue weighted by Gasteiger charge is -2.08. The highest BCUT2D eigenvalue weighted by Crippen LogP contribution is 2.24. The molecule has 1 N–H and O–H groups in total. The molecule has 3 nitrogen and oxygen atoms in total. The molecule has 1 aromatic heterocycles. The van der Waals surface area contributed by atoms with Crippen LogP contribution in [0, 0.1) is 6.92 Å². The normalized spacial score (nSPS) is 10.5. The Labute approximate surface area is 105 Å². The van der Waals surface area contributed by atoms with Crippen LogP contribution in [0.25, 0.3) is 10.9 Å². The van der Waals surface area contributed by atoms with Crippen molar-refractivity contribution in [2.75, 3.05) is 6.54 Å². The molecule has 0 radical (unpaired) electrons. The molecule has 2 aromatic rings. The van der Waals surface area contributed by atoms with Crippen LogP contribution >= 0.6 is 11.6 Å². The van der Waals surface area contributed by atoms with Crippen molar-refractivity contribution in [3.63, 3.8) is 0 Å². The highest BCUT2D eigenvalue weighted by atomic mass is 35.5. The maximum absolute atomic E-state index is 11.9. The van der Waals surface area contributed by atoms with Crippen LogP contribution in [0.1, 0.15) is 23.0 Å². The van der Waals surface area contributed by atoms with E-state index in [1.165, 1.54) is 0 Å². The molecule has 0 aliphatic carbocycles. The maximum atomic E-state index is 11.9. The molecule has 0 saturated heterocycles. The van der Waals surface area contributed by atoms with E-state index in [0.717, 1.165) is 11.1 Å². The molecule has 2 rings (SSSR count). The van der Waals surface area contributed by atoms with Gasteiger partial charge in [-0.2, -0.15) is 0 Å². The SMILES string of the molecule is CCNC(=O)c1cc(C)nc2c(Cl)cccc12. The van der Waals surface area contributed by atoms with Crippen molar-refractivity contribution in [1.82, 2.24) is 10.3 Å². The molecule has 0 aliphatic rings. The van der Waals surface area contributed by atoms with Crippen LogP contribution in [0.4, 0.5) is 0 Å². The predicted octanol–water partition coefficient (Wildman–Crippen LogP) is 2.95. The number of rotatable bonds is 2. The number of benzene rings is 1. The third-order valence-electron chi connectivity index (χ3n) is 2.50. The molecule has 1 heterocycles. The Hall–Kier alpha value is -1.61. The van der Waals surface area contributed by atoms with Crippen molar-refractivity contribution in [3.8, 4) is 0 Å². The molecule has 0 bridgehead atoms. The molecule has 0 aliphatic heterocycles. The number of aromatic nitrogens is 1. The van der Waals surface area contributed by atoms with Gasteiger partial charge < -0.3 is 5.32 Å². The maximum Gasteiger partial charge on any atom is 0.252 e. The van der Waals surface area contributed by atoms with Gasteiger partial charge in [0.2, 0.25) is 0 Å². The van der Waals surface area contributed by atoms with E-state index in [1.807, 2.05) is 26.0 Å². The zero-order valence-electron chi connectivity index (χ0n) is 9.75. The topological polar surface area (TPSA) is 42.0 Å². The summed E-state index contributed by atoms with van der Waals surface area (Å²) in [5.74, 6) is -0.0923. The zero-order valence-corrected chi connectivity index (χ0v) is 10.5. The van der Waals surface area contributed by atoms with Crippen LogP contribution in [0.2, 0.25) is 5.02 Å². The number of nitrogens with zero attached hydrogens (tertiary/aromatic N) is 1. The third kappa shape index (κ3) is 2.24. The van der Waals surface area contributed by atoms with Gasteiger partial charge in [-0.3, -0.25) is 9.78 Å². The third-order valence-corrected chi connectivity index (χ3v) is 2.81. The van der Waals surface area contributed by atoms with Crippen molar-refractivity contribution in [1.29, 1.82) is 0 Å². The minimum absolute atomic E-state index is 0.0923. The number of nitrogens with one attached hydrogen (secondary N) is 1. The van der Waals surface area contributed by atoms with Crippen LogP contribution in [0.5, 0.6) is 0 Å². The lowest BCUT2D eigenvalue weighted by Crippen LogP contribution is -2.23. The summed E-state index contributed by atoms with van der Waals surface area (Å²) in [4.78, 5) is 16.3. The van der Waals surface area contributed by atoms with Gasteiger partial charge in [0, 0.05) is 17.6 Å². The highest BCUT2D eigenvalue weighted by Gasteiger charge is 2.12. The number of aryl methyl sites for hydroxylation is 1. The van der Waals surface area contributed by atoms with Crippen LogP contribution in [0.15, 0.2) is 24.3 Å². The molecule has 1 amide bonds. The number of carbonyl (C=O) groups is 1. The van der Waals surface area contributed by atoms with Crippen molar-refractivity contribution >= 4 is 28.4 Å². The van der Waals surface area contributed by atoms with Gasteiger partial charge >= 0.3 is 0 Å². The summed E-state index contributed by atoms with van der Waals surface area (Å²) >= 11 is 6.09. The standard InChI is InChI=1S/C13H13ClN2O/c1-3-15-13(17)10-7-8(2)16-12-9(10)5-4-6-11(12)14/h4-7H,3H2,1-2H3,(H,15,17). The molecule has 1 aromatic carbocycles. The number of hydrogen-bond donors (Lipinski definition) is 1. The molecule has 17 heavy (non-hydrogen) atoms. The fraction of sp³-hybridized carbons (Fsp3) is 0.231. The second kappa shape index (κ2) is 4.72. The van der Waals surface area contributed by atoms with Crippen molar-refractivity contribution in [2.45, 2.75) is 13.8 Å². The van der Waals surface area contributed by atoms with Gasteiger partial charge in [0.1, 0.15) is 0 Å². The summed E-state index contributed by atoms with van der Waals surface area (Å²) in [6.45, 7) is 4.34. The number of carbonyl (C=O) groups excluding carboxylic acids is 1. The summed E-state index contributed by atoms with van der Waals surface area (Å²) in [6.07, 6.45) is 0. The first-order valence-electron chi connectivity index (χ1n) is 5.47. The van der Waals surface area contributed by atoms with Crippen LogP contribution in [-0.2, 0) is 0 Å². The minimum Gasteiger partial charge on any atom is -0.352 e. The number of para-hydroxylation sites is 1. The zero-order chi connectivity index (χ0) is 12.4. The molecular formula is C13H13ClN2O. The monoisotopic (exact) mass is 248 g/mol. The van der Waals surface area contributed by atoms with E-state index in [0.29, 0.717) is 22.6 Å². The Morgan fingerprint density at radius 2 is 2.24 bits per heavy atom. The highest BCUT2D eigenvalue weighted by molar-refractivity contribution is 6.35. The van der Waals surface area contributed by atoms with Crippen LogP contribution < -0.4 is 5.32 Å². The van der Waals surface area contributed by atoms with Crippen LogP contribution in [0.3, 0.4) is 0 Å². The largest absolute Gasteiger partial charge is 0.352 e. The summed E-state index contributed by atoms with van der Waals surface area (Å²) in [6, 6.07) is 7.24. The van der Waals surface area contributed by atoms with E-state index in [2.05, 4.69) is 10.3 Å². The Balaban J connectivity index is 2.70. The van der Waals surface area contributed by atoms with Crippen molar-refractivity contribution in [2.24, 2.45) is 0 Å². The van der Waals surface area contributed by atoms with Crippen molar-refractivity contribution in [3.05, 3.63) is 40.5 Å². The number of pyridine rings is 1. The van der Waals surface area contributed by atoms with E-state index >= 15 is 0 Å². The van der Waals surface area contributed by atoms with E-state index < -0.39 is 0 Å². The summed E-state index contributed by atoms with van der Waals surface area (Å²) in [5, 5.41) is 4.14. The Bertz CT molecular complexity index is 581. The second-order valence-corrected chi connectivity index (χ2v) is 4.21. The molecule has 0 atom stereocenters. The Morgan fingerprint density at radius 3 is 2.94 bits per heavy atom. The first kappa shape index (κ1) is 11.9. The predicted molar refractivity (Wildman–Crippen MR) is 69.5 cm³/mol. The number of hydrogen-bond acceptors (Lipinski definition) is 2. The first-order chi connectivity index (χ1) is 8.13. The molecule has 0 saturated carbocycles. The van der Waals surface area contributed by atoms with Gasteiger partial charge in [0.25, 0.3) is 5.91 Å². The number of fused-ring (bicyclic) bond motifs is 1. The second-order valence-electron chi connectivity index (χ2n) is 3.81. The average Bonchev–Trinajstić information content (AvgIpc) is 2.30. The lowest BCUT2D eigenvalue weighted by atomic mass is 10.1. The summed E-state index contributed by atoms with van der Waals surface area (Å²) in [7, 11) is 0. The molecule has 88 valence electrons. The van der Waals surface area contributed by atoms with Gasteiger partial charge in [-0.25, -0.2) is 0 Å². The Morgan fingerprint density at radius 1 is 1.47 bits per heavy atom. The van der Waals surface area contributed by atoms with E-state index in [9.17, 15) is 4.79 Å². The Kier molecular flexibility index (Phi) is 3.29. The molecule has 0 spiro atoms. The average molecular weight is 249 g/mol. The fourth-order valence-corrected chi connectivity index (χ4v) is 2.00. The first-order valence-corrected chi connectivity index (χ1v) is 5.85. The minimum atomic E-state index is -0.0923. The van der Waals surface area contributed by atoms with Gasteiger partial charge in [-0.1, -0.05) is 23.7 Å². The van der Waals surface area contributed by atoms with Gasteiger partial charge in [-0.15, -0.1) is 0 Å². The molecule has 0 fully saturated rings. The smallest absolute Gasteiger partial charge is 0.252 e. The van der Waals surface area contributed by atoms with Crippen LogP contribution in [-0.4, -0.2) is 17.4 Å². The van der Waals surface area contributed by atoms with Gasteiger partial charge in [0.15, 0.2) is 0 Å². The molecule has 4 heteroatoms. The summed E-state index contributed by atoms with van der Waals surface area (Å²) < 4.78 is 0. The number of amides is 1. The number of halogens is 1. The molecular weight excluding hydrogens is 236 g/mol. The molecule has 0 unspecified atom stereocenters. The van der Waals surface area contributed by atoms with Gasteiger partial charge in [0.05, 0.1) is 16.1 Å².